The summed E-state index contributed by atoms with van der Waals surface area (Å²) in [6.45, 7) is 2.40. The van der Waals surface area contributed by atoms with Crippen LogP contribution in [-0.4, -0.2) is 42.5 Å². The van der Waals surface area contributed by atoms with Crippen molar-refractivity contribution >= 4 is 11.7 Å². The smallest absolute Gasteiger partial charge is 0.277 e. The number of aromatic amines is 1. The normalized spacial score (nSPS) is 10.9. The highest BCUT2D eigenvalue weighted by atomic mass is 16.5. The fraction of sp³-hybridized carbons (Fsp3) is 0.227. The van der Waals surface area contributed by atoms with E-state index in [1.54, 1.807) is 31.3 Å². The third kappa shape index (κ3) is 4.30. The van der Waals surface area contributed by atoms with Gasteiger partial charge in [-0.25, -0.2) is 9.97 Å². The largest absolute Gasteiger partial charge is 0.496 e. The van der Waals surface area contributed by atoms with Gasteiger partial charge in [0.1, 0.15) is 12.1 Å². The van der Waals surface area contributed by atoms with Crippen LogP contribution in [0.5, 0.6) is 5.75 Å². The van der Waals surface area contributed by atoms with Crippen LogP contribution in [0.4, 0.5) is 0 Å². The number of benzene rings is 1. The lowest BCUT2D eigenvalue weighted by atomic mass is 10.1. The molecule has 9 heteroatoms. The summed E-state index contributed by atoms with van der Waals surface area (Å²) in [6, 6.07) is 11.3. The fourth-order valence-corrected chi connectivity index (χ4v) is 3.45. The Morgan fingerprint density at radius 1 is 1.19 bits per heavy atom. The topological polar surface area (TPSA) is 105 Å². The van der Waals surface area contributed by atoms with Crippen LogP contribution in [0.3, 0.4) is 0 Å². The first-order valence-electron chi connectivity index (χ1n) is 9.77. The predicted octanol–water partition coefficient (Wildman–Crippen LogP) is 1.90. The van der Waals surface area contributed by atoms with Gasteiger partial charge in [-0.2, -0.15) is 4.52 Å². The van der Waals surface area contributed by atoms with Gasteiger partial charge in [0.25, 0.3) is 11.3 Å². The zero-order valence-electron chi connectivity index (χ0n) is 17.3. The summed E-state index contributed by atoms with van der Waals surface area (Å²) in [5, 5.41) is 2.73. The first-order chi connectivity index (χ1) is 15.1. The van der Waals surface area contributed by atoms with E-state index in [0.717, 1.165) is 11.1 Å². The minimum absolute atomic E-state index is 0.0744. The van der Waals surface area contributed by atoms with Gasteiger partial charge in [0.15, 0.2) is 0 Å². The lowest BCUT2D eigenvalue weighted by Crippen LogP contribution is -2.34. The maximum absolute atomic E-state index is 13.4. The molecule has 9 nitrogen and oxygen atoms in total. The summed E-state index contributed by atoms with van der Waals surface area (Å²) in [7, 11) is 1.60. The van der Waals surface area contributed by atoms with Crippen molar-refractivity contribution in [1.82, 2.24) is 29.5 Å². The van der Waals surface area contributed by atoms with E-state index in [9.17, 15) is 9.59 Å². The lowest BCUT2D eigenvalue weighted by molar-refractivity contribution is -0.131. The molecule has 3 aromatic heterocycles. The Morgan fingerprint density at radius 2 is 2.03 bits per heavy atom. The molecule has 1 aromatic carbocycles. The molecule has 1 N–H and O–H groups in total. The number of carbonyl (C=O) groups is 1. The van der Waals surface area contributed by atoms with Crippen LogP contribution in [0.25, 0.3) is 5.78 Å². The molecule has 0 spiro atoms. The van der Waals surface area contributed by atoms with Gasteiger partial charge in [0.05, 0.1) is 24.8 Å². The molecule has 1 amide bonds. The molecule has 3 heterocycles. The molecule has 0 aliphatic heterocycles. The number of nitrogens with one attached hydrogen (secondary N) is 1. The Bertz CT molecular complexity index is 1270. The summed E-state index contributed by atoms with van der Waals surface area (Å²) in [5.41, 5.74) is 2.26. The number of para-hydroxylation sites is 1. The van der Waals surface area contributed by atoms with E-state index in [1.165, 1.54) is 10.8 Å². The molecule has 4 rings (SSSR count). The van der Waals surface area contributed by atoms with E-state index in [2.05, 4.69) is 20.1 Å². The fourth-order valence-electron chi connectivity index (χ4n) is 3.45. The number of pyridine rings is 1. The summed E-state index contributed by atoms with van der Waals surface area (Å²) in [6.07, 6.45) is 4.73. The molecular weight excluding hydrogens is 396 g/mol. The maximum atomic E-state index is 13.4. The van der Waals surface area contributed by atoms with Crippen molar-refractivity contribution in [2.45, 2.75) is 26.4 Å². The zero-order valence-corrected chi connectivity index (χ0v) is 17.3. The average Bonchev–Trinajstić information content (AvgIpc) is 3.25. The molecule has 0 atom stereocenters. The van der Waals surface area contributed by atoms with Crippen molar-refractivity contribution in [3.05, 3.63) is 87.9 Å². The first kappa shape index (κ1) is 20.3. The van der Waals surface area contributed by atoms with E-state index >= 15 is 0 Å². The highest BCUT2D eigenvalue weighted by Gasteiger charge is 2.21. The Kier molecular flexibility index (Phi) is 5.74. The van der Waals surface area contributed by atoms with Crippen LogP contribution in [-0.2, 0) is 24.3 Å². The monoisotopic (exact) mass is 418 g/mol. The second-order valence-electron chi connectivity index (χ2n) is 7.10. The van der Waals surface area contributed by atoms with Crippen LogP contribution in [0.15, 0.2) is 59.9 Å². The number of hydrogen-bond donors (Lipinski definition) is 1. The maximum Gasteiger partial charge on any atom is 0.277 e. The van der Waals surface area contributed by atoms with Crippen molar-refractivity contribution in [2.75, 3.05) is 7.11 Å². The molecule has 0 saturated heterocycles. The standard InChI is InChI=1S/C22H22N6O3/c1-15-18(21(30)28-22(26-15)24-14-25-28)10-20(29)27(12-16-6-5-9-23-11-16)13-17-7-3-4-8-19(17)31-2/h3-9,11,14H,10,12-13H2,1-2H3,(H,24,25,26). The number of hydrogen-bond acceptors (Lipinski definition) is 6. The van der Waals surface area contributed by atoms with Crippen LogP contribution < -0.4 is 10.3 Å². The van der Waals surface area contributed by atoms with E-state index in [1.807, 2.05) is 36.4 Å². The van der Waals surface area contributed by atoms with E-state index in [4.69, 9.17) is 4.74 Å². The van der Waals surface area contributed by atoms with Gasteiger partial charge in [-0.05, 0) is 24.6 Å². The molecule has 0 saturated carbocycles. The number of nitrogens with zero attached hydrogens (tertiary/aromatic N) is 5. The van der Waals surface area contributed by atoms with Gasteiger partial charge in [-0.15, -0.1) is 0 Å². The molecular formula is C22H22N6O3. The van der Waals surface area contributed by atoms with Gasteiger partial charge >= 0.3 is 0 Å². The van der Waals surface area contributed by atoms with Gasteiger partial charge in [0, 0.05) is 31.0 Å². The van der Waals surface area contributed by atoms with Crippen molar-refractivity contribution in [3.8, 4) is 5.75 Å². The van der Waals surface area contributed by atoms with E-state index in [-0.39, 0.29) is 23.7 Å². The Morgan fingerprint density at radius 3 is 2.81 bits per heavy atom. The number of ether oxygens (including phenoxy) is 1. The number of rotatable bonds is 7. The van der Waals surface area contributed by atoms with E-state index in [0.29, 0.717) is 30.1 Å². The number of amides is 1. The van der Waals surface area contributed by atoms with Crippen molar-refractivity contribution < 1.29 is 9.53 Å². The second-order valence-corrected chi connectivity index (χ2v) is 7.10. The number of carbonyl (C=O) groups excluding carboxylic acids is 1. The molecule has 0 bridgehead atoms. The summed E-state index contributed by atoms with van der Waals surface area (Å²) >= 11 is 0. The van der Waals surface area contributed by atoms with Crippen molar-refractivity contribution in [1.29, 1.82) is 0 Å². The van der Waals surface area contributed by atoms with Crippen LogP contribution >= 0.6 is 0 Å². The molecule has 31 heavy (non-hydrogen) atoms. The highest BCUT2D eigenvalue weighted by Crippen LogP contribution is 2.21. The summed E-state index contributed by atoms with van der Waals surface area (Å²) in [5.74, 6) is 0.777. The first-order valence-corrected chi connectivity index (χ1v) is 9.77. The number of aryl methyl sites for hydroxylation is 1. The Hall–Kier alpha value is -4.01. The number of H-pyrrole nitrogens is 1. The summed E-state index contributed by atoms with van der Waals surface area (Å²) < 4.78 is 6.68. The number of methoxy groups -OCH3 is 1. The molecule has 0 radical (unpaired) electrons. The minimum atomic E-state index is -0.327. The molecule has 158 valence electrons. The molecule has 0 fully saturated rings. The Labute approximate surface area is 178 Å². The SMILES string of the molecule is COc1ccccc1CN(Cc1cccnc1)C(=O)Cc1c(C)nc2nc[nH]n2c1=O. The van der Waals surface area contributed by atoms with Crippen LogP contribution in [0.2, 0.25) is 0 Å². The van der Waals surface area contributed by atoms with Gasteiger partial charge < -0.3 is 9.64 Å². The average molecular weight is 418 g/mol. The van der Waals surface area contributed by atoms with Crippen LogP contribution in [0.1, 0.15) is 22.4 Å². The second kappa shape index (κ2) is 8.78. The zero-order chi connectivity index (χ0) is 21.8. The third-order valence-corrected chi connectivity index (χ3v) is 5.06. The minimum Gasteiger partial charge on any atom is -0.496 e. The number of fused-ring (bicyclic) bond motifs is 1. The quantitative estimate of drug-likeness (QED) is 0.491. The highest BCUT2D eigenvalue weighted by molar-refractivity contribution is 5.79. The molecule has 0 aliphatic carbocycles. The number of aromatic nitrogens is 5. The molecule has 4 aromatic rings. The van der Waals surface area contributed by atoms with Crippen molar-refractivity contribution in [3.63, 3.8) is 0 Å². The summed E-state index contributed by atoms with van der Waals surface area (Å²) in [4.78, 5) is 40.4. The third-order valence-electron chi connectivity index (χ3n) is 5.06. The van der Waals surface area contributed by atoms with E-state index < -0.39 is 0 Å². The van der Waals surface area contributed by atoms with Crippen molar-refractivity contribution in [2.24, 2.45) is 0 Å². The lowest BCUT2D eigenvalue weighted by Gasteiger charge is -2.24. The van der Waals surface area contributed by atoms with Gasteiger partial charge in [0.2, 0.25) is 5.91 Å². The van der Waals surface area contributed by atoms with Crippen LogP contribution in [0, 0.1) is 6.92 Å². The predicted molar refractivity (Wildman–Crippen MR) is 114 cm³/mol. The molecule has 0 unspecified atom stereocenters. The van der Waals surface area contributed by atoms with Gasteiger partial charge in [-0.3, -0.25) is 19.7 Å². The molecule has 0 aliphatic rings. The van der Waals surface area contributed by atoms with Gasteiger partial charge in [-0.1, -0.05) is 24.3 Å². The Balaban J connectivity index is 1.66.